The molecule has 0 amide bonds. The second-order valence-corrected chi connectivity index (χ2v) is 5.69. The molecule has 3 heteroatoms. The van der Waals surface area contributed by atoms with Crippen LogP contribution in [-0.2, 0) is 4.74 Å². The highest BCUT2D eigenvalue weighted by Gasteiger charge is 2.25. The van der Waals surface area contributed by atoms with E-state index in [1.54, 1.807) is 6.07 Å². The van der Waals surface area contributed by atoms with E-state index in [2.05, 4.69) is 12.2 Å². The fraction of sp³-hybridized carbons (Fsp3) is 0.647. The minimum atomic E-state index is -0.161. The molecule has 1 aliphatic rings. The van der Waals surface area contributed by atoms with E-state index in [0.717, 1.165) is 6.42 Å². The van der Waals surface area contributed by atoms with Gasteiger partial charge in [0.05, 0.1) is 18.8 Å². The second kappa shape index (κ2) is 7.75. The summed E-state index contributed by atoms with van der Waals surface area (Å²) < 4.78 is 20.0. The molecule has 2 rings (SSSR count). The molecular formula is C17H26FNO. The molecule has 1 aromatic rings. The average molecular weight is 279 g/mol. The molecule has 1 aliphatic carbocycles. The van der Waals surface area contributed by atoms with Gasteiger partial charge in [0, 0.05) is 5.56 Å². The normalized spacial score (nSPS) is 24.6. The quantitative estimate of drug-likeness (QED) is 0.847. The summed E-state index contributed by atoms with van der Waals surface area (Å²) in [5.41, 5.74) is 0.693. The first-order valence-corrected chi connectivity index (χ1v) is 7.79. The lowest BCUT2D eigenvalue weighted by Gasteiger charge is -2.32. The van der Waals surface area contributed by atoms with Crippen molar-refractivity contribution in [3.8, 4) is 0 Å². The summed E-state index contributed by atoms with van der Waals surface area (Å²) in [6.07, 6.45) is 6.51. The molecule has 2 nitrogen and oxygen atoms in total. The van der Waals surface area contributed by atoms with E-state index in [1.807, 2.05) is 19.2 Å². The lowest BCUT2D eigenvalue weighted by Crippen LogP contribution is -2.31. The van der Waals surface area contributed by atoms with Crippen LogP contribution in [0.1, 0.15) is 50.6 Å². The largest absolute Gasteiger partial charge is 0.376 e. The van der Waals surface area contributed by atoms with Crippen molar-refractivity contribution in [3.63, 3.8) is 0 Å². The van der Waals surface area contributed by atoms with Crippen molar-refractivity contribution in [2.45, 2.75) is 51.2 Å². The standard InChI is InChI=1S/C17H26FNO/c1-3-13-8-4-7-11-17(13)20-12-16(19-2)14-9-5-6-10-15(14)18/h5-6,9-10,13,16-17,19H,3-4,7-8,11-12H2,1-2H3. The van der Waals surface area contributed by atoms with Gasteiger partial charge in [-0.2, -0.15) is 0 Å². The Hall–Kier alpha value is -0.930. The fourth-order valence-corrected chi connectivity index (χ4v) is 3.17. The molecule has 112 valence electrons. The highest BCUT2D eigenvalue weighted by Crippen LogP contribution is 2.30. The van der Waals surface area contributed by atoms with Gasteiger partial charge >= 0.3 is 0 Å². The number of benzene rings is 1. The van der Waals surface area contributed by atoms with Crippen LogP contribution in [0.3, 0.4) is 0 Å². The van der Waals surface area contributed by atoms with Gasteiger partial charge in [-0.15, -0.1) is 0 Å². The summed E-state index contributed by atoms with van der Waals surface area (Å²) in [5, 5.41) is 3.17. The van der Waals surface area contributed by atoms with Crippen LogP contribution in [0.25, 0.3) is 0 Å². The highest BCUT2D eigenvalue weighted by atomic mass is 19.1. The van der Waals surface area contributed by atoms with Crippen LogP contribution in [0, 0.1) is 11.7 Å². The van der Waals surface area contributed by atoms with Gasteiger partial charge in [0.1, 0.15) is 5.82 Å². The van der Waals surface area contributed by atoms with E-state index < -0.39 is 0 Å². The van der Waals surface area contributed by atoms with Gasteiger partial charge in [0.25, 0.3) is 0 Å². The third-order valence-corrected chi connectivity index (χ3v) is 4.47. The lowest BCUT2D eigenvalue weighted by molar-refractivity contribution is -0.0213. The van der Waals surface area contributed by atoms with E-state index in [0.29, 0.717) is 24.2 Å². The van der Waals surface area contributed by atoms with Gasteiger partial charge < -0.3 is 10.1 Å². The molecule has 1 N–H and O–H groups in total. The summed E-state index contributed by atoms with van der Waals surface area (Å²) in [6, 6.07) is 6.86. The van der Waals surface area contributed by atoms with Crippen molar-refractivity contribution >= 4 is 0 Å². The Morgan fingerprint density at radius 1 is 1.30 bits per heavy atom. The van der Waals surface area contributed by atoms with E-state index >= 15 is 0 Å². The summed E-state index contributed by atoms with van der Waals surface area (Å²) >= 11 is 0. The summed E-state index contributed by atoms with van der Waals surface area (Å²) in [5.74, 6) is 0.507. The molecule has 20 heavy (non-hydrogen) atoms. The number of nitrogens with one attached hydrogen (secondary N) is 1. The molecule has 0 bridgehead atoms. The van der Waals surface area contributed by atoms with E-state index in [4.69, 9.17) is 4.74 Å². The maximum absolute atomic E-state index is 13.8. The SMILES string of the molecule is CCC1CCCCC1OCC(NC)c1ccccc1F. The number of likely N-dealkylation sites (N-methyl/N-ethyl adjacent to an activating group) is 1. The smallest absolute Gasteiger partial charge is 0.128 e. The third kappa shape index (κ3) is 3.80. The minimum absolute atomic E-state index is 0.0735. The zero-order valence-corrected chi connectivity index (χ0v) is 12.6. The average Bonchev–Trinajstić information content (AvgIpc) is 2.50. The summed E-state index contributed by atoms with van der Waals surface area (Å²) in [4.78, 5) is 0. The molecule has 0 saturated heterocycles. The molecule has 1 saturated carbocycles. The molecule has 1 fully saturated rings. The highest BCUT2D eigenvalue weighted by molar-refractivity contribution is 5.21. The van der Waals surface area contributed by atoms with Crippen LogP contribution in [-0.4, -0.2) is 19.8 Å². The van der Waals surface area contributed by atoms with E-state index in [1.165, 1.54) is 31.7 Å². The van der Waals surface area contributed by atoms with Crippen LogP contribution in [0.2, 0.25) is 0 Å². The molecule has 0 heterocycles. The van der Waals surface area contributed by atoms with Crippen molar-refractivity contribution in [3.05, 3.63) is 35.6 Å². The summed E-state index contributed by atoms with van der Waals surface area (Å²) in [7, 11) is 1.86. The maximum Gasteiger partial charge on any atom is 0.128 e. The van der Waals surface area contributed by atoms with Gasteiger partial charge in [0.15, 0.2) is 0 Å². The number of halogens is 1. The predicted molar refractivity (Wildman–Crippen MR) is 80.2 cm³/mol. The zero-order chi connectivity index (χ0) is 14.4. The van der Waals surface area contributed by atoms with Gasteiger partial charge in [-0.3, -0.25) is 0 Å². The number of rotatable bonds is 6. The van der Waals surface area contributed by atoms with Crippen LogP contribution in [0.5, 0.6) is 0 Å². The van der Waals surface area contributed by atoms with E-state index in [9.17, 15) is 4.39 Å². The van der Waals surface area contributed by atoms with Crippen LogP contribution >= 0.6 is 0 Å². The van der Waals surface area contributed by atoms with Crippen molar-refractivity contribution in [1.82, 2.24) is 5.32 Å². The Kier molecular flexibility index (Phi) is 5.99. The first-order chi connectivity index (χ1) is 9.76. The van der Waals surface area contributed by atoms with Crippen molar-refractivity contribution in [2.24, 2.45) is 5.92 Å². The monoisotopic (exact) mass is 279 g/mol. The Bertz CT molecular complexity index is 410. The number of hydrogen-bond donors (Lipinski definition) is 1. The Morgan fingerprint density at radius 3 is 2.75 bits per heavy atom. The Morgan fingerprint density at radius 2 is 2.05 bits per heavy atom. The molecule has 1 aromatic carbocycles. The van der Waals surface area contributed by atoms with Crippen molar-refractivity contribution < 1.29 is 9.13 Å². The van der Waals surface area contributed by atoms with E-state index in [-0.39, 0.29) is 11.9 Å². The molecule has 0 radical (unpaired) electrons. The first kappa shape index (κ1) is 15.5. The molecule has 0 spiro atoms. The zero-order valence-electron chi connectivity index (χ0n) is 12.6. The lowest BCUT2D eigenvalue weighted by atomic mass is 9.85. The van der Waals surface area contributed by atoms with Crippen molar-refractivity contribution in [1.29, 1.82) is 0 Å². The minimum Gasteiger partial charge on any atom is -0.376 e. The van der Waals surface area contributed by atoms with Crippen LogP contribution in [0.4, 0.5) is 4.39 Å². The third-order valence-electron chi connectivity index (χ3n) is 4.47. The second-order valence-electron chi connectivity index (χ2n) is 5.69. The molecule has 3 unspecified atom stereocenters. The van der Waals surface area contributed by atoms with Crippen molar-refractivity contribution in [2.75, 3.05) is 13.7 Å². The van der Waals surface area contributed by atoms with Gasteiger partial charge in [0.2, 0.25) is 0 Å². The molecule has 0 aliphatic heterocycles. The Labute approximate surface area is 121 Å². The molecule has 0 aromatic heterocycles. The maximum atomic E-state index is 13.8. The summed E-state index contributed by atoms with van der Waals surface area (Å²) in [6.45, 7) is 2.78. The number of hydrogen-bond acceptors (Lipinski definition) is 2. The predicted octanol–water partition coefficient (Wildman–Crippen LogP) is 4.07. The number of ether oxygens (including phenoxy) is 1. The molecular weight excluding hydrogens is 253 g/mol. The topological polar surface area (TPSA) is 21.3 Å². The Balaban J connectivity index is 1.95. The van der Waals surface area contributed by atoms with Gasteiger partial charge in [-0.1, -0.05) is 44.4 Å². The van der Waals surface area contributed by atoms with Gasteiger partial charge in [-0.25, -0.2) is 4.39 Å². The van der Waals surface area contributed by atoms with Crippen LogP contribution < -0.4 is 5.32 Å². The van der Waals surface area contributed by atoms with Crippen LogP contribution in [0.15, 0.2) is 24.3 Å². The molecule has 3 atom stereocenters. The fourth-order valence-electron chi connectivity index (χ4n) is 3.17. The van der Waals surface area contributed by atoms with Gasteiger partial charge in [-0.05, 0) is 31.9 Å². The first-order valence-electron chi connectivity index (χ1n) is 7.79.